The fourth-order valence-corrected chi connectivity index (χ4v) is 5.07. The number of ether oxygens (including phenoxy) is 1. The minimum atomic E-state index is -4.89. The summed E-state index contributed by atoms with van der Waals surface area (Å²) in [5, 5.41) is 2.34. The number of nitrogens with one attached hydrogen (secondary N) is 1. The number of rotatable bonds is 9. The van der Waals surface area contributed by atoms with E-state index in [1.54, 1.807) is 60.7 Å². The zero-order chi connectivity index (χ0) is 31.5. The maximum atomic E-state index is 14.1. The van der Waals surface area contributed by atoms with Gasteiger partial charge in [0.2, 0.25) is 0 Å². The Balaban J connectivity index is 1.45. The highest BCUT2D eigenvalue weighted by molar-refractivity contribution is 6.09. The Hall–Kier alpha value is -5.26. The Labute approximate surface area is 248 Å². The van der Waals surface area contributed by atoms with Crippen LogP contribution >= 0.6 is 0 Å². The molecule has 0 unspecified atom stereocenters. The molecule has 4 aromatic carbocycles. The number of benzene rings is 4. The van der Waals surface area contributed by atoms with Gasteiger partial charge in [-0.25, -0.2) is 4.99 Å². The molecule has 226 valence electrons. The van der Waals surface area contributed by atoms with Gasteiger partial charge in [0, 0.05) is 12.1 Å². The van der Waals surface area contributed by atoms with Gasteiger partial charge in [0.15, 0.2) is 11.5 Å². The third-order valence-electron chi connectivity index (χ3n) is 7.10. The first-order valence-corrected chi connectivity index (χ1v) is 13.3. The van der Waals surface area contributed by atoms with Crippen molar-refractivity contribution in [3.63, 3.8) is 0 Å². The number of nitrogens with zero attached hydrogens (tertiary/aromatic N) is 2. The summed E-state index contributed by atoms with van der Waals surface area (Å²) < 4.78 is 71.8. The van der Waals surface area contributed by atoms with Crippen molar-refractivity contribution in [3.05, 3.63) is 137 Å². The Morgan fingerprint density at radius 2 is 1.50 bits per heavy atom. The maximum Gasteiger partial charge on any atom is 0.417 e. The second-order valence-electron chi connectivity index (χ2n) is 9.85. The van der Waals surface area contributed by atoms with E-state index in [0.717, 1.165) is 23.1 Å². The van der Waals surface area contributed by atoms with E-state index in [4.69, 9.17) is 5.73 Å². The summed E-state index contributed by atoms with van der Waals surface area (Å²) in [6.07, 6.45) is -4.89. The molecule has 0 saturated heterocycles. The van der Waals surface area contributed by atoms with Crippen LogP contribution in [-0.2, 0) is 29.6 Å². The topological polar surface area (TPSA) is 97.0 Å². The van der Waals surface area contributed by atoms with Crippen LogP contribution in [0, 0.1) is 0 Å². The second-order valence-corrected chi connectivity index (χ2v) is 9.85. The minimum absolute atomic E-state index is 0.135. The van der Waals surface area contributed by atoms with Crippen LogP contribution in [0.2, 0.25) is 0 Å². The van der Waals surface area contributed by atoms with Gasteiger partial charge in [0.1, 0.15) is 5.75 Å². The van der Waals surface area contributed by atoms with Crippen LogP contribution in [0.15, 0.2) is 108 Å². The van der Waals surface area contributed by atoms with Crippen LogP contribution < -0.4 is 15.8 Å². The Morgan fingerprint density at radius 1 is 0.909 bits per heavy atom. The molecule has 5 rings (SSSR count). The van der Waals surface area contributed by atoms with E-state index in [1.165, 1.54) is 24.3 Å². The number of hydrogen-bond acceptors (Lipinski definition) is 5. The lowest BCUT2D eigenvalue weighted by Gasteiger charge is -2.27. The molecule has 3 N–H and O–H groups in total. The molecule has 1 heterocycles. The maximum absolute atomic E-state index is 14.1. The number of nitrogens with two attached hydrogens (primary N) is 1. The van der Waals surface area contributed by atoms with Crippen LogP contribution in [0.4, 0.5) is 22.0 Å². The van der Waals surface area contributed by atoms with Gasteiger partial charge in [-0.05, 0) is 34.9 Å². The van der Waals surface area contributed by atoms with Crippen molar-refractivity contribution in [3.8, 4) is 5.75 Å². The summed E-state index contributed by atoms with van der Waals surface area (Å²) in [6, 6.07) is 26.0. The normalized spacial score (nSPS) is 14.5. The fourth-order valence-electron chi connectivity index (χ4n) is 5.07. The molecule has 1 aliphatic heterocycles. The number of amides is 2. The molecule has 44 heavy (non-hydrogen) atoms. The Morgan fingerprint density at radius 3 is 2.09 bits per heavy atom. The molecule has 0 fully saturated rings. The van der Waals surface area contributed by atoms with E-state index in [0.29, 0.717) is 11.1 Å². The van der Waals surface area contributed by atoms with E-state index < -0.39 is 41.3 Å². The van der Waals surface area contributed by atoms with Crippen LogP contribution in [0.5, 0.6) is 5.75 Å². The SMILES string of the molecule is NC1=NC(c2ccccc2)(c2ccccc2)C(=O)N1Cc1ccc(C(F)(F)F)c(C(=O)NCc2ccccc2OC(F)F)c1. The molecule has 1 aliphatic rings. The monoisotopic (exact) mass is 608 g/mol. The molecule has 0 aromatic heterocycles. The smallest absolute Gasteiger partial charge is 0.417 e. The second kappa shape index (κ2) is 12.2. The summed E-state index contributed by atoms with van der Waals surface area (Å²) in [5.41, 5.74) is 4.20. The number of aliphatic imine (C=N–C) groups is 1. The molecule has 0 bridgehead atoms. The average molecular weight is 609 g/mol. The van der Waals surface area contributed by atoms with E-state index >= 15 is 0 Å². The molecule has 0 radical (unpaired) electrons. The zero-order valence-corrected chi connectivity index (χ0v) is 22.9. The summed E-state index contributed by atoms with van der Waals surface area (Å²) >= 11 is 0. The quantitative estimate of drug-likeness (QED) is 0.234. The number of carbonyl (C=O) groups excluding carboxylic acids is 2. The average Bonchev–Trinajstić information content (AvgIpc) is 3.26. The van der Waals surface area contributed by atoms with Crippen molar-refractivity contribution in [2.45, 2.75) is 31.4 Å². The largest absolute Gasteiger partial charge is 0.434 e. The summed E-state index contributed by atoms with van der Waals surface area (Å²) in [5.74, 6) is -2.00. The molecule has 2 amide bonds. The third-order valence-corrected chi connectivity index (χ3v) is 7.10. The number of guanidine groups is 1. The Kier molecular flexibility index (Phi) is 8.34. The van der Waals surface area contributed by atoms with Gasteiger partial charge in [-0.15, -0.1) is 0 Å². The number of carbonyl (C=O) groups is 2. The summed E-state index contributed by atoms with van der Waals surface area (Å²) in [6.45, 7) is -3.80. The van der Waals surface area contributed by atoms with E-state index in [2.05, 4.69) is 15.0 Å². The fraction of sp³-hybridized carbons (Fsp3) is 0.156. The predicted molar refractivity (Wildman–Crippen MR) is 152 cm³/mol. The Bertz CT molecular complexity index is 1660. The van der Waals surface area contributed by atoms with Gasteiger partial charge in [0.25, 0.3) is 11.8 Å². The van der Waals surface area contributed by atoms with Crippen LogP contribution in [0.25, 0.3) is 0 Å². The first kappa shape index (κ1) is 30.2. The van der Waals surface area contributed by atoms with Crippen molar-refractivity contribution in [1.29, 1.82) is 0 Å². The van der Waals surface area contributed by atoms with Crippen molar-refractivity contribution >= 4 is 17.8 Å². The zero-order valence-electron chi connectivity index (χ0n) is 22.9. The van der Waals surface area contributed by atoms with Crippen molar-refractivity contribution in [1.82, 2.24) is 10.2 Å². The van der Waals surface area contributed by atoms with Crippen molar-refractivity contribution in [2.75, 3.05) is 0 Å². The summed E-state index contributed by atoms with van der Waals surface area (Å²) in [4.78, 5) is 32.9. The van der Waals surface area contributed by atoms with E-state index in [9.17, 15) is 31.5 Å². The molecule has 4 aromatic rings. The lowest BCUT2D eigenvalue weighted by molar-refractivity contribution is -0.138. The van der Waals surface area contributed by atoms with Gasteiger partial charge in [-0.3, -0.25) is 14.5 Å². The summed E-state index contributed by atoms with van der Waals surface area (Å²) in [7, 11) is 0. The van der Waals surface area contributed by atoms with Gasteiger partial charge >= 0.3 is 12.8 Å². The van der Waals surface area contributed by atoms with Crippen LogP contribution in [0.3, 0.4) is 0 Å². The number of halogens is 5. The van der Waals surface area contributed by atoms with Crippen LogP contribution in [-0.4, -0.2) is 29.3 Å². The van der Waals surface area contributed by atoms with Crippen molar-refractivity contribution in [2.24, 2.45) is 10.7 Å². The molecular formula is C32H25F5N4O3. The molecule has 0 saturated carbocycles. The lowest BCUT2D eigenvalue weighted by atomic mass is 9.83. The highest BCUT2D eigenvalue weighted by Gasteiger charge is 2.50. The number of para-hydroxylation sites is 1. The van der Waals surface area contributed by atoms with E-state index in [1.807, 2.05) is 0 Å². The van der Waals surface area contributed by atoms with Gasteiger partial charge < -0.3 is 15.8 Å². The van der Waals surface area contributed by atoms with E-state index in [-0.39, 0.29) is 35.9 Å². The first-order valence-electron chi connectivity index (χ1n) is 13.3. The molecule has 0 aliphatic carbocycles. The molecule has 7 nitrogen and oxygen atoms in total. The number of alkyl halides is 5. The van der Waals surface area contributed by atoms with Gasteiger partial charge in [-0.1, -0.05) is 84.9 Å². The first-order chi connectivity index (χ1) is 21.0. The van der Waals surface area contributed by atoms with Crippen molar-refractivity contribution < 1.29 is 36.3 Å². The third kappa shape index (κ3) is 5.96. The number of hydrogen-bond donors (Lipinski definition) is 2. The highest BCUT2D eigenvalue weighted by Crippen LogP contribution is 2.40. The lowest BCUT2D eigenvalue weighted by Crippen LogP contribution is -2.43. The molecule has 0 spiro atoms. The van der Waals surface area contributed by atoms with Gasteiger partial charge in [0.05, 0.1) is 17.7 Å². The van der Waals surface area contributed by atoms with Gasteiger partial charge in [-0.2, -0.15) is 22.0 Å². The standard InChI is InChI=1S/C32H25F5N4O3/c33-29(34)44-26-14-8-7-9-21(26)18-39-27(42)24-17-20(15-16-25(24)32(35,36)37)19-41-28(43)31(40-30(41)38,22-10-3-1-4-11-22)23-12-5-2-6-13-23/h1-17,29H,18-19H2,(H2,38,40)(H,39,42). The van der Waals surface area contributed by atoms with Crippen LogP contribution in [0.1, 0.15) is 38.2 Å². The molecular weight excluding hydrogens is 583 g/mol. The molecule has 0 atom stereocenters. The predicted octanol–water partition coefficient (Wildman–Crippen LogP) is 5.84. The molecule has 12 heteroatoms. The minimum Gasteiger partial charge on any atom is -0.434 e. The highest BCUT2D eigenvalue weighted by atomic mass is 19.4.